The molecule has 0 aromatic carbocycles. The molecule has 0 fully saturated rings. The summed E-state index contributed by atoms with van der Waals surface area (Å²) in [5.74, 6) is 0.439. The topological polar surface area (TPSA) is 91.0 Å². The molecule has 2 rings (SSSR count). The maximum Gasteiger partial charge on any atom is 0.222 e. The Kier molecular flexibility index (Phi) is 1.00. The summed E-state index contributed by atoms with van der Waals surface area (Å²) in [6.45, 7) is 0. The standard InChI is InChI=1S/C6H6N4O/c7-5-4-3(1-2-11-4)9-6(8)10-5/h1-2H,(H4,7,8,9,10). The zero-order valence-corrected chi connectivity index (χ0v) is 5.61. The fourth-order valence-corrected chi connectivity index (χ4v) is 0.905. The molecular weight excluding hydrogens is 144 g/mol. The van der Waals surface area contributed by atoms with Crippen LogP contribution in [-0.4, -0.2) is 9.97 Å². The molecule has 0 saturated heterocycles. The molecule has 4 N–H and O–H groups in total. The molecule has 0 saturated carbocycles. The van der Waals surface area contributed by atoms with E-state index in [1.807, 2.05) is 0 Å². The Balaban J connectivity index is 2.91. The Bertz CT molecular complexity index is 394. The van der Waals surface area contributed by atoms with Gasteiger partial charge in [-0.2, -0.15) is 4.98 Å². The lowest BCUT2D eigenvalue weighted by Gasteiger charge is -1.94. The van der Waals surface area contributed by atoms with Crippen LogP contribution in [0.3, 0.4) is 0 Å². The third-order valence-electron chi connectivity index (χ3n) is 1.35. The molecule has 2 aromatic heterocycles. The van der Waals surface area contributed by atoms with E-state index in [2.05, 4.69) is 9.97 Å². The van der Waals surface area contributed by atoms with Crippen LogP contribution in [0.25, 0.3) is 11.1 Å². The lowest BCUT2D eigenvalue weighted by Crippen LogP contribution is -1.98. The number of nitrogens with zero attached hydrogens (tertiary/aromatic N) is 2. The van der Waals surface area contributed by atoms with Gasteiger partial charge in [-0.1, -0.05) is 0 Å². The zero-order chi connectivity index (χ0) is 7.84. The smallest absolute Gasteiger partial charge is 0.222 e. The largest absolute Gasteiger partial charge is 0.459 e. The maximum atomic E-state index is 5.48. The molecule has 5 nitrogen and oxygen atoms in total. The highest BCUT2D eigenvalue weighted by molar-refractivity contribution is 5.82. The Morgan fingerprint density at radius 3 is 2.91 bits per heavy atom. The molecule has 0 aliphatic rings. The third-order valence-corrected chi connectivity index (χ3v) is 1.35. The normalized spacial score (nSPS) is 10.5. The molecule has 2 heterocycles. The van der Waals surface area contributed by atoms with E-state index in [0.717, 1.165) is 0 Å². The summed E-state index contributed by atoms with van der Waals surface area (Å²) in [5, 5.41) is 0. The number of nitrogens with two attached hydrogens (primary N) is 2. The summed E-state index contributed by atoms with van der Waals surface area (Å²) in [4.78, 5) is 7.61. The third kappa shape index (κ3) is 0.778. The number of furan rings is 1. The first kappa shape index (κ1) is 5.96. The van der Waals surface area contributed by atoms with Gasteiger partial charge in [-0.15, -0.1) is 0 Å². The van der Waals surface area contributed by atoms with E-state index in [1.165, 1.54) is 6.26 Å². The summed E-state index contributed by atoms with van der Waals surface area (Å²) >= 11 is 0. The Morgan fingerprint density at radius 1 is 1.27 bits per heavy atom. The quantitative estimate of drug-likeness (QED) is 0.566. The van der Waals surface area contributed by atoms with Crippen molar-refractivity contribution in [2.24, 2.45) is 0 Å². The molecule has 0 radical (unpaired) electrons. The Morgan fingerprint density at radius 2 is 2.09 bits per heavy atom. The Hall–Kier alpha value is -1.78. The molecule has 2 aromatic rings. The van der Waals surface area contributed by atoms with Crippen LogP contribution < -0.4 is 11.5 Å². The van der Waals surface area contributed by atoms with E-state index >= 15 is 0 Å². The maximum absolute atomic E-state index is 5.48. The van der Waals surface area contributed by atoms with E-state index in [-0.39, 0.29) is 11.8 Å². The monoisotopic (exact) mass is 150 g/mol. The zero-order valence-electron chi connectivity index (χ0n) is 5.61. The molecule has 0 aliphatic heterocycles. The van der Waals surface area contributed by atoms with Crippen LogP contribution >= 0.6 is 0 Å². The number of aromatic nitrogens is 2. The summed E-state index contributed by atoms with van der Waals surface area (Å²) in [6, 6.07) is 1.68. The second-order valence-electron chi connectivity index (χ2n) is 2.10. The summed E-state index contributed by atoms with van der Waals surface area (Å²) in [7, 11) is 0. The van der Waals surface area contributed by atoms with Crippen molar-refractivity contribution in [1.29, 1.82) is 0 Å². The molecule has 0 bridgehead atoms. The van der Waals surface area contributed by atoms with Gasteiger partial charge in [0.05, 0.1) is 6.26 Å². The average Bonchev–Trinajstić information content (AvgIpc) is 2.34. The average molecular weight is 150 g/mol. The van der Waals surface area contributed by atoms with Gasteiger partial charge in [-0.3, -0.25) is 0 Å². The van der Waals surface area contributed by atoms with Gasteiger partial charge in [0.2, 0.25) is 5.95 Å². The van der Waals surface area contributed by atoms with Crippen molar-refractivity contribution < 1.29 is 4.42 Å². The van der Waals surface area contributed by atoms with Gasteiger partial charge in [0.25, 0.3) is 0 Å². The molecule has 11 heavy (non-hydrogen) atoms. The van der Waals surface area contributed by atoms with Crippen molar-refractivity contribution in [3.05, 3.63) is 12.3 Å². The Labute approximate surface area is 62.0 Å². The van der Waals surface area contributed by atoms with E-state index < -0.39 is 0 Å². The van der Waals surface area contributed by atoms with Gasteiger partial charge in [0, 0.05) is 6.07 Å². The van der Waals surface area contributed by atoms with Gasteiger partial charge >= 0.3 is 0 Å². The van der Waals surface area contributed by atoms with Crippen molar-refractivity contribution in [3.63, 3.8) is 0 Å². The van der Waals surface area contributed by atoms with Crippen LogP contribution in [0.15, 0.2) is 16.7 Å². The van der Waals surface area contributed by atoms with Crippen molar-refractivity contribution >= 4 is 22.9 Å². The van der Waals surface area contributed by atoms with Gasteiger partial charge in [0.1, 0.15) is 5.52 Å². The first-order chi connectivity index (χ1) is 5.27. The second kappa shape index (κ2) is 1.85. The fraction of sp³-hybridized carbons (Fsp3) is 0. The van der Waals surface area contributed by atoms with Crippen molar-refractivity contribution in [1.82, 2.24) is 9.97 Å². The van der Waals surface area contributed by atoms with Crippen LogP contribution in [-0.2, 0) is 0 Å². The minimum atomic E-state index is 0.163. The van der Waals surface area contributed by atoms with Gasteiger partial charge < -0.3 is 15.9 Å². The van der Waals surface area contributed by atoms with Gasteiger partial charge in [-0.05, 0) is 0 Å². The first-order valence-corrected chi connectivity index (χ1v) is 3.03. The molecule has 0 amide bonds. The molecule has 0 atom stereocenters. The highest BCUT2D eigenvalue weighted by atomic mass is 16.3. The highest BCUT2D eigenvalue weighted by Crippen LogP contribution is 2.18. The van der Waals surface area contributed by atoms with E-state index in [9.17, 15) is 0 Å². The minimum absolute atomic E-state index is 0.163. The summed E-state index contributed by atoms with van der Waals surface area (Å²) in [6.07, 6.45) is 1.50. The highest BCUT2D eigenvalue weighted by Gasteiger charge is 2.04. The molecule has 5 heteroatoms. The predicted molar refractivity (Wildman–Crippen MR) is 40.6 cm³/mol. The number of nitrogen functional groups attached to an aromatic ring is 2. The molecule has 56 valence electrons. The number of rotatable bonds is 0. The molecule has 0 unspecified atom stereocenters. The van der Waals surface area contributed by atoms with Gasteiger partial charge in [0.15, 0.2) is 11.4 Å². The minimum Gasteiger partial charge on any atom is -0.459 e. The molecular formula is C6H6N4O. The first-order valence-electron chi connectivity index (χ1n) is 3.03. The van der Waals surface area contributed by atoms with E-state index in [4.69, 9.17) is 15.9 Å². The molecule has 0 spiro atoms. The van der Waals surface area contributed by atoms with Crippen molar-refractivity contribution in [3.8, 4) is 0 Å². The summed E-state index contributed by atoms with van der Waals surface area (Å²) in [5.41, 5.74) is 11.9. The fourth-order valence-electron chi connectivity index (χ4n) is 0.905. The number of hydrogen-bond acceptors (Lipinski definition) is 5. The summed E-state index contributed by atoms with van der Waals surface area (Å²) < 4.78 is 5.00. The van der Waals surface area contributed by atoms with E-state index in [1.54, 1.807) is 6.07 Å². The lowest BCUT2D eigenvalue weighted by atomic mass is 10.4. The number of fused-ring (bicyclic) bond motifs is 1. The number of hydrogen-bond donors (Lipinski definition) is 2. The van der Waals surface area contributed by atoms with Crippen LogP contribution in [0.1, 0.15) is 0 Å². The van der Waals surface area contributed by atoms with Crippen LogP contribution in [0.4, 0.5) is 11.8 Å². The van der Waals surface area contributed by atoms with Crippen LogP contribution in [0, 0.1) is 0 Å². The second-order valence-corrected chi connectivity index (χ2v) is 2.10. The predicted octanol–water partition coefficient (Wildman–Crippen LogP) is 0.387. The van der Waals surface area contributed by atoms with E-state index in [0.29, 0.717) is 11.1 Å². The van der Waals surface area contributed by atoms with Crippen molar-refractivity contribution in [2.75, 3.05) is 11.5 Å². The van der Waals surface area contributed by atoms with Crippen molar-refractivity contribution in [2.45, 2.75) is 0 Å². The van der Waals surface area contributed by atoms with Crippen LogP contribution in [0.2, 0.25) is 0 Å². The SMILES string of the molecule is Nc1nc(N)c2occc2n1. The van der Waals surface area contributed by atoms with Gasteiger partial charge in [-0.25, -0.2) is 4.98 Å². The van der Waals surface area contributed by atoms with Crippen LogP contribution in [0.5, 0.6) is 0 Å². The lowest BCUT2D eigenvalue weighted by molar-refractivity contribution is 0.615. The molecule has 0 aliphatic carbocycles. The number of anilines is 2.